The Morgan fingerprint density at radius 3 is 1.63 bits per heavy atom. The summed E-state index contributed by atoms with van der Waals surface area (Å²) in [5.41, 5.74) is 14.1. The molecule has 0 aliphatic heterocycles. The summed E-state index contributed by atoms with van der Waals surface area (Å²) in [5, 5.41) is 7.48. The number of anilines is 3. The van der Waals surface area contributed by atoms with Crippen LogP contribution in [0.3, 0.4) is 0 Å². The van der Waals surface area contributed by atoms with Gasteiger partial charge in [0.15, 0.2) is 0 Å². The lowest BCUT2D eigenvalue weighted by Crippen LogP contribution is -2.33. The lowest BCUT2D eigenvalue weighted by atomic mass is 9.63. The molecule has 0 atom stereocenters. The van der Waals surface area contributed by atoms with Crippen LogP contribution in [-0.2, 0) is 10.8 Å². The summed E-state index contributed by atoms with van der Waals surface area (Å²) in [6, 6.07) is 69.7. The van der Waals surface area contributed by atoms with Crippen LogP contribution in [0.5, 0.6) is 0 Å². The summed E-state index contributed by atoms with van der Waals surface area (Å²) in [6.45, 7) is 9.62. The lowest BCUT2D eigenvalue weighted by molar-refractivity contribution is 0.332. The standard InChI is InChI=1S/C56H47N/c1-55(2)31-32-56(3,4)53-36-45(27-30-52(53)55)42-17-11-16-41(34-42)43-18-12-19-48(35-43)57(54-37-46-15-7-8-20-49(46)50-21-9-10-22-51(50)54)47-28-25-39(26-29-47)44-24-23-38-13-5-6-14-40(38)33-44/h5-30,33-37H,31-32H2,1-4H3. The first kappa shape index (κ1) is 35.0. The molecule has 0 aromatic heterocycles. The van der Waals surface area contributed by atoms with Gasteiger partial charge in [0.2, 0.25) is 0 Å². The van der Waals surface area contributed by atoms with Crippen LogP contribution < -0.4 is 4.90 Å². The lowest BCUT2D eigenvalue weighted by Gasteiger charge is -2.42. The molecule has 0 saturated heterocycles. The number of hydrogen-bond acceptors (Lipinski definition) is 1. The van der Waals surface area contributed by atoms with Gasteiger partial charge in [-0.25, -0.2) is 0 Å². The van der Waals surface area contributed by atoms with Crippen molar-refractivity contribution in [3.05, 3.63) is 199 Å². The molecule has 1 aliphatic carbocycles. The molecule has 1 heteroatoms. The van der Waals surface area contributed by atoms with E-state index < -0.39 is 0 Å². The van der Waals surface area contributed by atoms with Crippen molar-refractivity contribution < 1.29 is 0 Å². The second-order valence-electron chi connectivity index (χ2n) is 17.3. The van der Waals surface area contributed by atoms with E-state index in [1.54, 1.807) is 0 Å². The van der Waals surface area contributed by atoms with E-state index in [1.807, 2.05) is 0 Å². The van der Waals surface area contributed by atoms with Crippen molar-refractivity contribution in [2.24, 2.45) is 0 Å². The number of hydrogen-bond donors (Lipinski definition) is 0. The molecule has 0 heterocycles. The first-order valence-electron chi connectivity index (χ1n) is 20.4. The second-order valence-corrected chi connectivity index (χ2v) is 17.3. The van der Waals surface area contributed by atoms with E-state index in [9.17, 15) is 0 Å². The molecule has 9 aromatic carbocycles. The molecule has 0 radical (unpaired) electrons. The van der Waals surface area contributed by atoms with Gasteiger partial charge in [-0.15, -0.1) is 0 Å². The highest BCUT2D eigenvalue weighted by molar-refractivity contribution is 6.14. The summed E-state index contributed by atoms with van der Waals surface area (Å²) >= 11 is 0. The van der Waals surface area contributed by atoms with Crippen molar-refractivity contribution in [2.75, 3.05) is 4.90 Å². The normalized spacial score (nSPS) is 14.5. The highest BCUT2D eigenvalue weighted by Gasteiger charge is 2.37. The third-order valence-electron chi connectivity index (χ3n) is 12.7. The first-order chi connectivity index (χ1) is 27.7. The maximum Gasteiger partial charge on any atom is 0.0546 e. The molecular formula is C56H47N. The van der Waals surface area contributed by atoms with Crippen LogP contribution in [0.1, 0.15) is 51.7 Å². The Kier molecular flexibility index (Phi) is 8.38. The number of nitrogens with zero attached hydrogens (tertiary/aromatic N) is 1. The molecular weight excluding hydrogens is 687 g/mol. The number of benzene rings is 9. The van der Waals surface area contributed by atoms with Crippen LogP contribution in [0.15, 0.2) is 188 Å². The average molecular weight is 734 g/mol. The highest BCUT2D eigenvalue weighted by Crippen LogP contribution is 2.47. The largest absolute Gasteiger partial charge is 0.310 e. The molecule has 0 saturated carbocycles. The molecule has 57 heavy (non-hydrogen) atoms. The Morgan fingerprint density at radius 1 is 0.333 bits per heavy atom. The van der Waals surface area contributed by atoms with Gasteiger partial charge in [0.25, 0.3) is 0 Å². The Bertz CT molecular complexity index is 2960. The molecule has 276 valence electrons. The fourth-order valence-electron chi connectivity index (χ4n) is 9.29. The fraction of sp³-hybridized carbons (Fsp3) is 0.143. The molecule has 9 aromatic rings. The third-order valence-corrected chi connectivity index (χ3v) is 12.7. The van der Waals surface area contributed by atoms with Gasteiger partial charge in [0.1, 0.15) is 0 Å². The third kappa shape index (κ3) is 6.28. The van der Waals surface area contributed by atoms with Crippen LogP contribution in [0.25, 0.3) is 65.7 Å². The molecule has 0 spiro atoms. The van der Waals surface area contributed by atoms with Gasteiger partial charge < -0.3 is 4.90 Å². The molecule has 0 amide bonds. The maximum atomic E-state index is 2.47. The Morgan fingerprint density at radius 2 is 0.877 bits per heavy atom. The second kappa shape index (κ2) is 13.6. The van der Waals surface area contributed by atoms with E-state index >= 15 is 0 Å². The van der Waals surface area contributed by atoms with Crippen LogP contribution in [0.4, 0.5) is 17.1 Å². The van der Waals surface area contributed by atoms with Crippen molar-refractivity contribution in [3.63, 3.8) is 0 Å². The SMILES string of the molecule is CC1(C)CCC(C)(C)c2cc(-c3cccc(-c4cccc(N(c5ccc(-c6ccc7ccccc7c6)cc5)c5cc6ccccc6c6ccccc56)c4)c3)ccc21. The van der Waals surface area contributed by atoms with E-state index in [0.717, 1.165) is 17.1 Å². The van der Waals surface area contributed by atoms with Gasteiger partial charge in [0.05, 0.1) is 5.69 Å². The van der Waals surface area contributed by atoms with Crippen LogP contribution in [0, 0.1) is 0 Å². The summed E-state index contributed by atoms with van der Waals surface area (Å²) in [7, 11) is 0. The molecule has 10 rings (SSSR count). The van der Waals surface area contributed by atoms with E-state index in [4.69, 9.17) is 0 Å². The first-order valence-corrected chi connectivity index (χ1v) is 20.4. The van der Waals surface area contributed by atoms with E-state index in [1.165, 1.54) is 89.7 Å². The smallest absolute Gasteiger partial charge is 0.0546 e. The molecule has 0 N–H and O–H groups in total. The van der Waals surface area contributed by atoms with Crippen molar-refractivity contribution >= 4 is 49.4 Å². The predicted octanol–water partition coefficient (Wildman–Crippen LogP) is 16.0. The van der Waals surface area contributed by atoms with E-state index in [2.05, 4.69) is 221 Å². The zero-order valence-electron chi connectivity index (χ0n) is 33.3. The summed E-state index contributed by atoms with van der Waals surface area (Å²) in [5.74, 6) is 0. The molecule has 0 unspecified atom stereocenters. The number of rotatable bonds is 6. The monoisotopic (exact) mass is 733 g/mol. The van der Waals surface area contributed by atoms with Gasteiger partial charge in [-0.3, -0.25) is 0 Å². The predicted molar refractivity (Wildman–Crippen MR) is 245 cm³/mol. The average Bonchev–Trinajstić information content (AvgIpc) is 3.25. The van der Waals surface area contributed by atoms with E-state index in [0.29, 0.717) is 0 Å². The van der Waals surface area contributed by atoms with Gasteiger partial charge in [0, 0.05) is 16.8 Å². The molecule has 0 fully saturated rings. The minimum atomic E-state index is 0.164. The zero-order valence-corrected chi connectivity index (χ0v) is 33.3. The van der Waals surface area contributed by atoms with Crippen molar-refractivity contribution in [1.82, 2.24) is 0 Å². The van der Waals surface area contributed by atoms with E-state index in [-0.39, 0.29) is 10.8 Å². The topological polar surface area (TPSA) is 3.24 Å². The molecule has 1 nitrogen and oxygen atoms in total. The van der Waals surface area contributed by atoms with Gasteiger partial charge in [-0.05, 0) is 138 Å². The van der Waals surface area contributed by atoms with Gasteiger partial charge in [-0.1, -0.05) is 173 Å². The van der Waals surface area contributed by atoms with Crippen molar-refractivity contribution in [2.45, 2.75) is 51.4 Å². The Labute approximate surface area is 336 Å². The summed E-state index contributed by atoms with van der Waals surface area (Å²) in [6.07, 6.45) is 2.43. The highest BCUT2D eigenvalue weighted by atomic mass is 15.1. The van der Waals surface area contributed by atoms with Gasteiger partial charge >= 0.3 is 0 Å². The summed E-state index contributed by atoms with van der Waals surface area (Å²) in [4.78, 5) is 2.44. The molecule has 0 bridgehead atoms. The van der Waals surface area contributed by atoms with Crippen molar-refractivity contribution in [3.8, 4) is 33.4 Å². The minimum Gasteiger partial charge on any atom is -0.310 e. The minimum absolute atomic E-state index is 0.164. The van der Waals surface area contributed by atoms with Crippen LogP contribution >= 0.6 is 0 Å². The fourth-order valence-corrected chi connectivity index (χ4v) is 9.29. The zero-order chi connectivity index (χ0) is 38.7. The summed E-state index contributed by atoms with van der Waals surface area (Å²) < 4.78 is 0. The quantitative estimate of drug-likeness (QED) is 0.154. The van der Waals surface area contributed by atoms with Crippen molar-refractivity contribution in [1.29, 1.82) is 0 Å². The number of fused-ring (bicyclic) bond motifs is 5. The van der Waals surface area contributed by atoms with Crippen LogP contribution in [-0.4, -0.2) is 0 Å². The maximum absolute atomic E-state index is 2.47. The van der Waals surface area contributed by atoms with Crippen LogP contribution in [0.2, 0.25) is 0 Å². The Hall–Kier alpha value is -6.44. The Balaban J connectivity index is 1.09. The molecule has 1 aliphatic rings. The van der Waals surface area contributed by atoms with Gasteiger partial charge in [-0.2, -0.15) is 0 Å².